The van der Waals surface area contributed by atoms with Gasteiger partial charge in [-0.2, -0.15) is 4.98 Å². The van der Waals surface area contributed by atoms with Crippen molar-refractivity contribution in [3.8, 4) is 11.4 Å². The molecule has 0 saturated carbocycles. The van der Waals surface area contributed by atoms with Gasteiger partial charge in [0, 0.05) is 30.7 Å². The van der Waals surface area contributed by atoms with Gasteiger partial charge in [-0.25, -0.2) is 0 Å². The maximum atomic E-state index is 13.4. The Bertz CT molecular complexity index is 1310. The Morgan fingerprint density at radius 1 is 1.09 bits per heavy atom. The topological polar surface area (TPSA) is 102 Å². The molecule has 3 aromatic carbocycles. The van der Waals surface area contributed by atoms with E-state index in [-0.39, 0.29) is 23.5 Å². The molecular weight excluding hydrogens is 456 g/mol. The van der Waals surface area contributed by atoms with Crippen molar-refractivity contribution in [2.24, 2.45) is 0 Å². The molecule has 34 heavy (non-hydrogen) atoms. The van der Waals surface area contributed by atoms with Crippen LogP contribution in [0.2, 0.25) is 5.02 Å². The molecule has 1 atom stereocenters. The summed E-state index contributed by atoms with van der Waals surface area (Å²) in [7, 11) is 0. The van der Waals surface area contributed by atoms with E-state index in [1.54, 1.807) is 41.3 Å². The third kappa shape index (κ3) is 5.13. The zero-order valence-corrected chi connectivity index (χ0v) is 19.1. The number of nitro groups is 1. The number of aromatic nitrogens is 2. The van der Waals surface area contributed by atoms with Crippen LogP contribution < -0.4 is 0 Å². The average molecular weight is 477 g/mol. The molecule has 172 valence electrons. The minimum atomic E-state index is -0.479. The lowest BCUT2D eigenvalue weighted by Crippen LogP contribution is -2.35. The molecule has 8 nitrogen and oxygen atoms in total. The van der Waals surface area contributed by atoms with Gasteiger partial charge in [-0.3, -0.25) is 14.9 Å². The molecule has 1 aromatic heterocycles. The number of carbonyl (C=O) groups is 1. The fourth-order valence-corrected chi connectivity index (χ4v) is 3.84. The number of halogens is 1. The lowest BCUT2D eigenvalue weighted by atomic mass is 10.0. The van der Waals surface area contributed by atoms with Crippen molar-refractivity contribution in [2.45, 2.75) is 19.4 Å². The van der Waals surface area contributed by atoms with E-state index < -0.39 is 4.92 Å². The first-order valence-electron chi connectivity index (χ1n) is 10.6. The van der Waals surface area contributed by atoms with Crippen molar-refractivity contribution in [1.82, 2.24) is 15.0 Å². The van der Waals surface area contributed by atoms with Gasteiger partial charge in [0.15, 0.2) is 0 Å². The Labute approximate surface area is 200 Å². The van der Waals surface area contributed by atoms with Crippen molar-refractivity contribution in [3.05, 3.63) is 111 Å². The molecule has 0 fully saturated rings. The molecule has 1 heterocycles. The Morgan fingerprint density at radius 2 is 1.82 bits per heavy atom. The highest BCUT2D eigenvalue weighted by atomic mass is 35.5. The van der Waals surface area contributed by atoms with Crippen LogP contribution in [-0.2, 0) is 6.42 Å². The fraction of sp³-hybridized carbons (Fsp3) is 0.160. The van der Waals surface area contributed by atoms with Gasteiger partial charge in [0.05, 0.1) is 21.6 Å². The molecule has 1 unspecified atom stereocenters. The molecular formula is C25H21ClN4O4. The number of hydrogen-bond donors (Lipinski definition) is 0. The highest BCUT2D eigenvalue weighted by Gasteiger charge is 2.25. The van der Waals surface area contributed by atoms with Crippen LogP contribution in [0.3, 0.4) is 0 Å². The van der Waals surface area contributed by atoms with Crippen LogP contribution in [0, 0.1) is 10.1 Å². The van der Waals surface area contributed by atoms with E-state index in [1.807, 2.05) is 37.3 Å². The monoisotopic (exact) mass is 476 g/mol. The van der Waals surface area contributed by atoms with Crippen LogP contribution in [0.1, 0.15) is 34.8 Å². The van der Waals surface area contributed by atoms with Crippen molar-refractivity contribution < 1.29 is 14.2 Å². The van der Waals surface area contributed by atoms with Gasteiger partial charge in [-0.05, 0) is 24.6 Å². The Balaban J connectivity index is 1.57. The number of nitrogens with zero attached hydrogens (tertiary/aromatic N) is 4. The van der Waals surface area contributed by atoms with E-state index in [1.165, 1.54) is 12.1 Å². The SMILES string of the molecule is CC(c1ccccc1)N(CCc1nc(-c2cccc([N+](=O)[O-])c2)no1)C(=O)c1ccccc1Cl. The van der Waals surface area contributed by atoms with Crippen LogP contribution >= 0.6 is 11.6 Å². The van der Waals surface area contributed by atoms with Crippen LogP contribution in [-0.4, -0.2) is 32.4 Å². The number of nitro benzene ring substituents is 1. The van der Waals surface area contributed by atoms with Gasteiger partial charge in [-0.15, -0.1) is 0 Å². The fourth-order valence-electron chi connectivity index (χ4n) is 3.62. The lowest BCUT2D eigenvalue weighted by molar-refractivity contribution is -0.384. The Hall–Kier alpha value is -4.04. The van der Waals surface area contributed by atoms with Crippen LogP contribution in [0.15, 0.2) is 83.4 Å². The van der Waals surface area contributed by atoms with E-state index in [0.29, 0.717) is 35.0 Å². The molecule has 0 bridgehead atoms. The number of rotatable bonds is 8. The number of amides is 1. The minimum absolute atomic E-state index is 0.0583. The second-order valence-corrected chi connectivity index (χ2v) is 8.04. The molecule has 0 spiro atoms. The van der Waals surface area contributed by atoms with Gasteiger partial charge in [0.1, 0.15) is 0 Å². The number of non-ortho nitro benzene ring substituents is 1. The van der Waals surface area contributed by atoms with Crippen molar-refractivity contribution in [1.29, 1.82) is 0 Å². The van der Waals surface area contributed by atoms with Gasteiger partial charge >= 0.3 is 0 Å². The number of benzene rings is 3. The highest BCUT2D eigenvalue weighted by Crippen LogP contribution is 2.26. The summed E-state index contributed by atoms with van der Waals surface area (Å²) >= 11 is 6.30. The van der Waals surface area contributed by atoms with Crippen LogP contribution in [0.4, 0.5) is 5.69 Å². The van der Waals surface area contributed by atoms with Crippen molar-refractivity contribution >= 4 is 23.2 Å². The molecule has 4 aromatic rings. The molecule has 9 heteroatoms. The van der Waals surface area contributed by atoms with Gasteiger partial charge < -0.3 is 9.42 Å². The van der Waals surface area contributed by atoms with E-state index in [0.717, 1.165) is 5.56 Å². The van der Waals surface area contributed by atoms with E-state index >= 15 is 0 Å². The molecule has 0 aliphatic carbocycles. The summed E-state index contributed by atoms with van der Waals surface area (Å²) in [6.45, 7) is 2.25. The lowest BCUT2D eigenvalue weighted by Gasteiger charge is -2.29. The maximum absolute atomic E-state index is 13.4. The second kappa shape index (κ2) is 10.3. The van der Waals surface area contributed by atoms with Gasteiger partial charge in [-0.1, -0.05) is 71.4 Å². The van der Waals surface area contributed by atoms with E-state index in [9.17, 15) is 14.9 Å². The molecule has 0 saturated heterocycles. The zero-order valence-electron chi connectivity index (χ0n) is 18.3. The first-order chi connectivity index (χ1) is 16.4. The zero-order chi connectivity index (χ0) is 24.1. The number of hydrogen-bond acceptors (Lipinski definition) is 6. The average Bonchev–Trinajstić information content (AvgIpc) is 3.34. The van der Waals surface area contributed by atoms with Crippen LogP contribution in [0.25, 0.3) is 11.4 Å². The molecule has 0 aliphatic heterocycles. The molecule has 1 amide bonds. The first kappa shape index (κ1) is 23.1. The predicted molar refractivity (Wildman–Crippen MR) is 127 cm³/mol. The predicted octanol–water partition coefficient (Wildman–Crippen LogP) is 5.74. The van der Waals surface area contributed by atoms with E-state index in [4.69, 9.17) is 16.1 Å². The first-order valence-corrected chi connectivity index (χ1v) is 11.0. The smallest absolute Gasteiger partial charge is 0.270 e. The molecule has 0 N–H and O–H groups in total. The minimum Gasteiger partial charge on any atom is -0.339 e. The summed E-state index contributed by atoms with van der Waals surface area (Å²) in [5.74, 6) is 0.359. The molecule has 0 radical (unpaired) electrons. The largest absolute Gasteiger partial charge is 0.339 e. The van der Waals surface area contributed by atoms with Gasteiger partial charge in [0.2, 0.25) is 11.7 Å². The third-order valence-electron chi connectivity index (χ3n) is 5.46. The second-order valence-electron chi connectivity index (χ2n) is 7.63. The Morgan fingerprint density at radius 3 is 2.56 bits per heavy atom. The maximum Gasteiger partial charge on any atom is 0.270 e. The summed E-state index contributed by atoms with van der Waals surface area (Å²) in [6.07, 6.45) is 0.301. The normalized spacial score (nSPS) is 11.7. The molecule has 0 aliphatic rings. The summed E-state index contributed by atoms with van der Waals surface area (Å²) in [6, 6.07) is 22.4. The Kier molecular flexibility index (Phi) is 6.98. The summed E-state index contributed by atoms with van der Waals surface area (Å²) in [5, 5.41) is 15.4. The number of carbonyl (C=O) groups excluding carboxylic acids is 1. The van der Waals surface area contributed by atoms with E-state index in [2.05, 4.69) is 10.1 Å². The van der Waals surface area contributed by atoms with Crippen molar-refractivity contribution in [2.75, 3.05) is 6.54 Å². The summed E-state index contributed by atoms with van der Waals surface area (Å²) in [5.41, 5.74) is 1.81. The standard InChI is InChI=1S/C25H21ClN4O4/c1-17(18-8-3-2-4-9-18)29(25(31)21-12-5-6-13-22(21)26)15-14-23-27-24(28-34-23)19-10-7-11-20(16-19)30(32)33/h2-13,16-17H,14-15H2,1H3. The summed E-state index contributed by atoms with van der Waals surface area (Å²) in [4.78, 5) is 30.1. The molecule has 4 rings (SSSR count). The van der Waals surface area contributed by atoms with Crippen molar-refractivity contribution in [3.63, 3.8) is 0 Å². The van der Waals surface area contributed by atoms with Crippen LogP contribution in [0.5, 0.6) is 0 Å². The summed E-state index contributed by atoms with van der Waals surface area (Å²) < 4.78 is 5.37. The highest BCUT2D eigenvalue weighted by molar-refractivity contribution is 6.33. The quantitative estimate of drug-likeness (QED) is 0.237. The van der Waals surface area contributed by atoms with Gasteiger partial charge in [0.25, 0.3) is 11.6 Å². The third-order valence-corrected chi connectivity index (χ3v) is 5.79.